The summed E-state index contributed by atoms with van der Waals surface area (Å²) in [6, 6.07) is 10.1. The fourth-order valence-corrected chi connectivity index (χ4v) is 2.54. The van der Waals surface area contributed by atoms with E-state index in [-0.39, 0.29) is 0 Å². The quantitative estimate of drug-likeness (QED) is 0.775. The van der Waals surface area contributed by atoms with E-state index in [9.17, 15) is 0 Å². The van der Waals surface area contributed by atoms with Crippen molar-refractivity contribution in [3.8, 4) is 0 Å². The first-order chi connectivity index (χ1) is 9.47. The summed E-state index contributed by atoms with van der Waals surface area (Å²) in [5.41, 5.74) is 2.83. The van der Waals surface area contributed by atoms with Gasteiger partial charge in [0.15, 0.2) is 0 Å². The van der Waals surface area contributed by atoms with Crippen LogP contribution >= 0.6 is 0 Å². The molecule has 1 aromatic rings. The van der Waals surface area contributed by atoms with E-state index in [0.717, 1.165) is 19.4 Å². The van der Waals surface area contributed by atoms with Crippen molar-refractivity contribution >= 4 is 0 Å². The first-order valence-electron chi connectivity index (χ1n) is 7.97. The maximum atomic E-state index is 3.85. The maximum Gasteiger partial charge on any atom is 0.0320 e. The lowest BCUT2D eigenvalue weighted by Crippen LogP contribution is -2.43. The molecule has 0 aromatic heterocycles. The number of rotatable bonds is 8. The summed E-state index contributed by atoms with van der Waals surface area (Å²) in [5, 5.41) is 3.85. The van der Waals surface area contributed by atoms with Crippen LogP contribution in [0, 0.1) is 5.92 Å². The third kappa shape index (κ3) is 5.26. The van der Waals surface area contributed by atoms with Gasteiger partial charge in [-0.2, -0.15) is 0 Å². The first kappa shape index (κ1) is 17.2. The van der Waals surface area contributed by atoms with Crippen molar-refractivity contribution in [1.82, 2.24) is 10.2 Å². The molecule has 0 aliphatic heterocycles. The van der Waals surface area contributed by atoms with Crippen LogP contribution in [0.1, 0.15) is 51.3 Å². The molecule has 114 valence electrons. The Hall–Kier alpha value is -0.860. The molecule has 1 rings (SSSR count). The molecule has 2 atom stereocenters. The highest BCUT2D eigenvalue weighted by Crippen LogP contribution is 2.20. The number of likely N-dealkylation sites (N-methyl/N-ethyl adjacent to an activating group) is 1. The predicted molar refractivity (Wildman–Crippen MR) is 89.2 cm³/mol. The summed E-state index contributed by atoms with van der Waals surface area (Å²) in [6.45, 7) is 10.2. The second-order valence-electron chi connectivity index (χ2n) is 6.34. The maximum absolute atomic E-state index is 3.85. The SMILES string of the molecule is CCc1ccc(C(CC)NC(CN(C)C)C(C)C)cc1. The summed E-state index contributed by atoms with van der Waals surface area (Å²) in [7, 11) is 4.29. The Kier molecular flexibility index (Phi) is 7.25. The highest BCUT2D eigenvalue weighted by Gasteiger charge is 2.19. The Balaban J connectivity index is 2.77. The molecular formula is C18H32N2. The molecule has 0 fully saturated rings. The number of hydrogen-bond acceptors (Lipinski definition) is 2. The van der Waals surface area contributed by atoms with E-state index < -0.39 is 0 Å². The van der Waals surface area contributed by atoms with Crippen LogP contribution in [0.3, 0.4) is 0 Å². The minimum Gasteiger partial charge on any atom is -0.308 e. The van der Waals surface area contributed by atoms with Crippen LogP contribution in [0.2, 0.25) is 0 Å². The van der Waals surface area contributed by atoms with E-state index in [0.29, 0.717) is 18.0 Å². The summed E-state index contributed by atoms with van der Waals surface area (Å²) >= 11 is 0. The summed E-state index contributed by atoms with van der Waals surface area (Å²) in [5.74, 6) is 0.640. The van der Waals surface area contributed by atoms with Gasteiger partial charge in [0.25, 0.3) is 0 Å². The van der Waals surface area contributed by atoms with Gasteiger partial charge in [-0.25, -0.2) is 0 Å². The molecule has 1 N–H and O–H groups in total. The van der Waals surface area contributed by atoms with Gasteiger partial charge < -0.3 is 10.2 Å². The van der Waals surface area contributed by atoms with Crippen LogP contribution in [0.4, 0.5) is 0 Å². The first-order valence-corrected chi connectivity index (χ1v) is 7.97. The number of benzene rings is 1. The fourth-order valence-electron chi connectivity index (χ4n) is 2.54. The molecule has 2 unspecified atom stereocenters. The van der Waals surface area contributed by atoms with Crippen LogP contribution < -0.4 is 5.32 Å². The molecule has 0 aliphatic rings. The van der Waals surface area contributed by atoms with Gasteiger partial charge in [-0.1, -0.05) is 52.0 Å². The average molecular weight is 276 g/mol. The van der Waals surface area contributed by atoms with Gasteiger partial charge in [0.2, 0.25) is 0 Å². The number of nitrogens with zero attached hydrogens (tertiary/aromatic N) is 1. The molecule has 0 radical (unpaired) electrons. The van der Waals surface area contributed by atoms with Crippen molar-refractivity contribution in [3.63, 3.8) is 0 Å². The second-order valence-corrected chi connectivity index (χ2v) is 6.34. The smallest absolute Gasteiger partial charge is 0.0320 e. The van der Waals surface area contributed by atoms with E-state index in [1.165, 1.54) is 11.1 Å². The monoisotopic (exact) mass is 276 g/mol. The molecule has 2 heteroatoms. The van der Waals surface area contributed by atoms with E-state index in [4.69, 9.17) is 0 Å². The molecule has 0 saturated carbocycles. The van der Waals surface area contributed by atoms with Gasteiger partial charge >= 0.3 is 0 Å². The number of nitrogens with one attached hydrogen (secondary N) is 1. The average Bonchev–Trinajstić information content (AvgIpc) is 2.43. The van der Waals surface area contributed by atoms with Crippen LogP contribution in [0.5, 0.6) is 0 Å². The minimum atomic E-state index is 0.452. The topological polar surface area (TPSA) is 15.3 Å². The Labute approximate surface area is 125 Å². The Morgan fingerprint density at radius 1 is 1.05 bits per heavy atom. The lowest BCUT2D eigenvalue weighted by atomic mass is 9.97. The van der Waals surface area contributed by atoms with Crippen LogP contribution in [0.15, 0.2) is 24.3 Å². The van der Waals surface area contributed by atoms with Gasteiger partial charge in [-0.15, -0.1) is 0 Å². The van der Waals surface area contributed by atoms with Crippen LogP contribution in [0.25, 0.3) is 0 Å². The zero-order valence-corrected chi connectivity index (χ0v) is 14.1. The molecule has 0 heterocycles. The van der Waals surface area contributed by atoms with E-state index in [2.05, 4.69) is 76.3 Å². The molecule has 1 aromatic carbocycles. The van der Waals surface area contributed by atoms with Crippen LogP contribution in [-0.2, 0) is 6.42 Å². The Morgan fingerprint density at radius 2 is 1.65 bits per heavy atom. The second kappa shape index (κ2) is 8.43. The normalized spacial score (nSPS) is 14.8. The molecule has 0 saturated heterocycles. The van der Waals surface area contributed by atoms with E-state index in [1.807, 2.05) is 0 Å². The molecule has 0 aliphatic carbocycles. The summed E-state index contributed by atoms with van der Waals surface area (Å²) in [4.78, 5) is 2.27. The van der Waals surface area contributed by atoms with Gasteiger partial charge in [-0.05, 0) is 44.0 Å². The molecule has 20 heavy (non-hydrogen) atoms. The Bertz CT molecular complexity index is 368. The highest BCUT2D eigenvalue weighted by atomic mass is 15.1. The third-order valence-electron chi connectivity index (χ3n) is 3.98. The molecular weight excluding hydrogens is 244 g/mol. The molecule has 2 nitrogen and oxygen atoms in total. The van der Waals surface area contributed by atoms with Crippen molar-refractivity contribution in [2.24, 2.45) is 5.92 Å². The Morgan fingerprint density at radius 3 is 2.05 bits per heavy atom. The molecule has 0 amide bonds. The number of aryl methyl sites for hydroxylation is 1. The molecule has 0 spiro atoms. The van der Waals surface area contributed by atoms with Crippen molar-refractivity contribution in [2.75, 3.05) is 20.6 Å². The minimum absolute atomic E-state index is 0.452. The zero-order valence-electron chi connectivity index (χ0n) is 14.1. The van der Waals surface area contributed by atoms with Crippen molar-refractivity contribution in [1.29, 1.82) is 0 Å². The lowest BCUT2D eigenvalue weighted by molar-refractivity contribution is 0.267. The highest BCUT2D eigenvalue weighted by molar-refractivity contribution is 5.25. The van der Waals surface area contributed by atoms with Crippen molar-refractivity contribution in [3.05, 3.63) is 35.4 Å². The standard InChI is InChI=1S/C18H32N2/c1-7-15-9-11-16(12-10-15)17(8-2)19-18(14(3)4)13-20(5)6/h9-12,14,17-19H,7-8,13H2,1-6H3. The summed E-state index contributed by atoms with van der Waals surface area (Å²) < 4.78 is 0. The van der Waals surface area contributed by atoms with Gasteiger partial charge in [-0.3, -0.25) is 0 Å². The van der Waals surface area contributed by atoms with E-state index in [1.54, 1.807) is 0 Å². The van der Waals surface area contributed by atoms with Gasteiger partial charge in [0.05, 0.1) is 0 Å². The fraction of sp³-hybridized carbons (Fsp3) is 0.667. The molecule has 0 bridgehead atoms. The largest absolute Gasteiger partial charge is 0.308 e. The zero-order chi connectivity index (χ0) is 15.1. The van der Waals surface area contributed by atoms with E-state index >= 15 is 0 Å². The third-order valence-corrected chi connectivity index (χ3v) is 3.98. The number of hydrogen-bond donors (Lipinski definition) is 1. The lowest BCUT2D eigenvalue weighted by Gasteiger charge is -2.30. The van der Waals surface area contributed by atoms with Gasteiger partial charge in [0, 0.05) is 18.6 Å². The van der Waals surface area contributed by atoms with Crippen molar-refractivity contribution in [2.45, 2.75) is 52.6 Å². The summed E-state index contributed by atoms with van der Waals surface area (Å²) in [6.07, 6.45) is 2.24. The van der Waals surface area contributed by atoms with Gasteiger partial charge in [0.1, 0.15) is 0 Å². The predicted octanol–water partition coefficient (Wildman–Crippen LogP) is 3.88. The van der Waals surface area contributed by atoms with Crippen molar-refractivity contribution < 1.29 is 0 Å². The van der Waals surface area contributed by atoms with Crippen LogP contribution in [-0.4, -0.2) is 31.6 Å².